The van der Waals surface area contributed by atoms with Crippen molar-refractivity contribution in [3.05, 3.63) is 10.5 Å². The summed E-state index contributed by atoms with van der Waals surface area (Å²) < 4.78 is 4.55. The Bertz CT molecular complexity index is 330. The van der Waals surface area contributed by atoms with Crippen molar-refractivity contribution in [3.63, 3.8) is 0 Å². The zero-order chi connectivity index (χ0) is 11.8. The van der Waals surface area contributed by atoms with Gasteiger partial charge in [0.15, 0.2) is 5.13 Å². The topological polar surface area (TPSA) is 51.2 Å². The molecule has 4 nitrogen and oxygen atoms in total. The van der Waals surface area contributed by atoms with Crippen molar-refractivity contribution in [2.75, 3.05) is 19.0 Å². The molecule has 90 valence electrons. The third kappa shape index (κ3) is 5.32. The molecule has 1 N–H and O–H groups in total. The number of aromatic nitrogens is 1. The molecular weight excluding hydrogens is 248 g/mol. The molecule has 6 heteroatoms. The van der Waals surface area contributed by atoms with Gasteiger partial charge in [-0.2, -0.15) is 0 Å². The molecule has 0 bridgehead atoms. The standard InChI is InChI=1S/C10H15ClN2O2S/c1-15-9(14)5-3-2-4-6-12-10-13-8(11)7-16-10/h7H,2-6H2,1H3,(H,12,13). The van der Waals surface area contributed by atoms with Crippen molar-refractivity contribution in [1.82, 2.24) is 4.98 Å². The van der Waals surface area contributed by atoms with Crippen LogP contribution in [0, 0.1) is 0 Å². The Morgan fingerprint density at radius 2 is 2.38 bits per heavy atom. The van der Waals surface area contributed by atoms with E-state index in [-0.39, 0.29) is 5.97 Å². The smallest absolute Gasteiger partial charge is 0.305 e. The Kier molecular flexibility index (Phi) is 6.18. The average Bonchev–Trinajstić information content (AvgIpc) is 2.69. The van der Waals surface area contributed by atoms with E-state index in [2.05, 4.69) is 15.0 Å². The molecule has 0 atom stereocenters. The summed E-state index contributed by atoms with van der Waals surface area (Å²) in [5.41, 5.74) is 0. The first-order valence-corrected chi connectivity index (χ1v) is 6.40. The largest absolute Gasteiger partial charge is 0.469 e. The van der Waals surface area contributed by atoms with Crippen LogP contribution in [0.15, 0.2) is 5.38 Å². The number of thiazole rings is 1. The van der Waals surface area contributed by atoms with E-state index in [1.807, 2.05) is 0 Å². The number of nitrogens with zero attached hydrogens (tertiary/aromatic N) is 1. The first kappa shape index (κ1) is 13.3. The molecule has 1 aromatic rings. The second-order valence-electron chi connectivity index (χ2n) is 3.29. The van der Waals surface area contributed by atoms with Crippen LogP contribution in [0.1, 0.15) is 25.7 Å². The van der Waals surface area contributed by atoms with Crippen LogP contribution >= 0.6 is 22.9 Å². The molecular formula is C10H15ClN2O2S. The first-order valence-electron chi connectivity index (χ1n) is 5.14. The van der Waals surface area contributed by atoms with Gasteiger partial charge in [-0.15, -0.1) is 11.3 Å². The predicted octanol–water partition coefficient (Wildman–Crippen LogP) is 2.94. The molecule has 0 unspecified atom stereocenters. The second kappa shape index (κ2) is 7.46. The van der Waals surface area contributed by atoms with Gasteiger partial charge >= 0.3 is 5.97 Å². The van der Waals surface area contributed by atoms with Gasteiger partial charge in [-0.05, 0) is 12.8 Å². The molecule has 16 heavy (non-hydrogen) atoms. The number of carbonyl (C=O) groups is 1. The number of ether oxygens (including phenoxy) is 1. The van der Waals surface area contributed by atoms with E-state index in [0.29, 0.717) is 11.6 Å². The van der Waals surface area contributed by atoms with Crippen LogP contribution in [-0.4, -0.2) is 24.6 Å². The highest BCUT2D eigenvalue weighted by atomic mass is 35.5. The zero-order valence-corrected chi connectivity index (χ0v) is 10.7. The van der Waals surface area contributed by atoms with Gasteiger partial charge in [-0.25, -0.2) is 4.98 Å². The van der Waals surface area contributed by atoms with Crippen LogP contribution in [0.3, 0.4) is 0 Å². The minimum atomic E-state index is -0.139. The summed E-state index contributed by atoms with van der Waals surface area (Å²) in [4.78, 5) is 14.9. The molecule has 0 saturated heterocycles. The average molecular weight is 263 g/mol. The number of esters is 1. The van der Waals surface area contributed by atoms with Crippen LogP contribution in [0.2, 0.25) is 5.15 Å². The lowest BCUT2D eigenvalue weighted by atomic mass is 10.2. The van der Waals surface area contributed by atoms with Crippen LogP contribution in [0.25, 0.3) is 0 Å². The number of unbranched alkanes of at least 4 members (excludes halogenated alkanes) is 2. The highest BCUT2D eigenvalue weighted by Gasteiger charge is 2.00. The van der Waals surface area contributed by atoms with Crippen LogP contribution in [0.4, 0.5) is 5.13 Å². The van der Waals surface area contributed by atoms with Crippen LogP contribution in [-0.2, 0) is 9.53 Å². The van der Waals surface area contributed by atoms with Crippen LogP contribution < -0.4 is 5.32 Å². The summed E-state index contributed by atoms with van der Waals surface area (Å²) in [5.74, 6) is -0.139. The van der Waals surface area contributed by atoms with Gasteiger partial charge in [0.05, 0.1) is 7.11 Å². The van der Waals surface area contributed by atoms with E-state index in [9.17, 15) is 4.79 Å². The molecule has 0 aliphatic rings. The van der Waals surface area contributed by atoms with Gasteiger partial charge in [-0.1, -0.05) is 18.0 Å². The first-order chi connectivity index (χ1) is 7.72. The van der Waals surface area contributed by atoms with Crippen molar-refractivity contribution < 1.29 is 9.53 Å². The number of methoxy groups -OCH3 is 1. The number of hydrogen-bond acceptors (Lipinski definition) is 5. The van der Waals surface area contributed by atoms with E-state index in [1.54, 1.807) is 5.38 Å². The van der Waals surface area contributed by atoms with E-state index in [1.165, 1.54) is 18.4 Å². The maximum atomic E-state index is 10.8. The van der Waals surface area contributed by atoms with E-state index in [4.69, 9.17) is 11.6 Å². The molecule has 1 aromatic heterocycles. The van der Waals surface area contributed by atoms with Gasteiger partial charge < -0.3 is 10.1 Å². The number of halogens is 1. The molecule has 0 saturated carbocycles. The Balaban J connectivity index is 1.98. The number of hydrogen-bond donors (Lipinski definition) is 1. The molecule has 0 amide bonds. The maximum absolute atomic E-state index is 10.8. The summed E-state index contributed by atoms with van der Waals surface area (Å²) in [6.07, 6.45) is 3.38. The lowest BCUT2D eigenvalue weighted by Gasteiger charge is -2.02. The van der Waals surface area contributed by atoms with E-state index in [0.717, 1.165) is 30.9 Å². The maximum Gasteiger partial charge on any atom is 0.305 e. The Morgan fingerprint density at radius 1 is 1.56 bits per heavy atom. The van der Waals surface area contributed by atoms with E-state index >= 15 is 0 Å². The molecule has 1 heterocycles. The third-order valence-corrected chi connectivity index (χ3v) is 3.16. The second-order valence-corrected chi connectivity index (χ2v) is 4.53. The lowest BCUT2D eigenvalue weighted by molar-refractivity contribution is -0.140. The summed E-state index contributed by atoms with van der Waals surface area (Å²) >= 11 is 7.18. The molecule has 0 fully saturated rings. The number of nitrogens with one attached hydrogen (secondary N) is 1. The predicted molar refractivity (Wildman–Crippen MR) is 66.1 cm³/mol. The fraction of sp³-hybridized carbons (Fsp3) is 0.600. The molecule has 0 aliphatic heterocycles. The summed E-state index contributed by atoms with van der Waals surface area (Å²) in [7, 11) is 1.41. The van der Waals surface area contributed by atoms with Crippen molar-refractivity contribution in [2.45, 2.75) is 25.7 Å². The quantitative estimate of drug-likeness (QED) is 0.606. The third-order valence-electron chi connectivity index (χ3n) is 2.04. The van der Waals surface area contributed by atoms with E-state index < -0.39 is 0 Å². The number of anilines is 1. The SMILES string of the molecule is COC(=O)CCCCCNc1nc(Cl)cs1. The van der Waals surface area contributed by atoms with Gasteiger partial charge in [-0.3, -0.25) is 4.79 Å². The summed E-state index contributed by atoms with van der Waals surface area (Å²) in [5, 5.41) is 6.34. The van der Waals surface area contributed by atoms with Crippen molar-refractivity contribution in [2.24, 2.45) is 0 Å². The molecule has 0 aromatic carbocycles. The number of rotatable bonds is 7. The lowest BCUT2D eigenvalue weighted by Crippen LogP contribution is -2.02. The fourth-order valence-corrected chi connectivity index (χ4v) is 2.07. The van der Waals surface area contributed by atoms with Gasteiger partial charge in [0.25, 0.3) is 0 Å². The van der Waals surface area contributed by atoms with Gasteiger partial charge in [0.2, 0.25) is 0 Å². The molecule has 1 rings (SSSR count). The fourth-order valence-electron chi connectivity index (χ4n) is 1.20. The molecule has 0 aliphatic carbocycles. The van der Waals surface area contributed by atoms with Crippen LogP contribution in [0.5, 0.6) is 0 Å². The normalized spacial score (nSPS) is 10.1. The highest BCUT2D eigenvalue weighted by molar-refractivity contribution is 7.14. The Labute approximate surface area is 104 Å². The molecule has 0 radical (unpaired) electrons. The van der Waals surface area contributed by atoms with Crippen molar-refractivity contribution in [1.29, 1.82) is 0 Å². The van der Waals surface area contributed by atoms with Crippen molar-refractivity contribution in [3.8, 4) is 0 Å². The van der Waals surface area contributed by atoms with Gasteiger partial charge in [0.1, 0.15) is 5.15 Å². The summed E-state index contributed by atoms with van der Waals surface area (Å²) in [6, 6.07) is 0. The summed E-state index contributed by atoms with van der Waals surface area (Å²) in [6.45, 7) is 0.852. The minimum absolute atomic E-state index is 0.139. The Hall–Kier alpha value is -0.810. The highest BCUT2D eigenvalue weighted by Crippen LogP contribution is 2.18. The van der Waals surface area contributed by atoms with Gasteiger partial charge in [0, 0.05) is 18.3 Å². The number of carbonyl (C=O) groups excluding carboxylic acids is 1. The van der Waals surface area contributed by atoms with Crippen molar-refractivity contribution >= 4 is 34.0 Å². The minimum Gasteiger partial charge on any atom is -0.469 e. The molecule has 0 spiro atoms. The zero-order valence-electron chi connectivity index (χ0n) is 9.16. The monoisotopic (exact) mass is 262 g/mol. The Morgan fingerprint density at radius 3 is 3.00 bits per heavy atom.